The predicted molar refractivity (Wildman–Crippen MR) is 53.8 cm³/mol. The quantitative estimate of drug-likeness (QED) is 0.523. The van der Waals surface area contributed by atoms with Crippen LogP contribution in [0.5, 0.6) is 0 Å². The van der Waals surface area contributed by atoms with Crippen molar-refractivity contribution in [1.29, 1.82) is 0 Å². The van der Waals surface area contributed by atoms with Gasteiger partial charge in [-0.1, -0.05) is 60.4 Å². The average molecular weight is 256 g/mol. The van der Waals surface area contributed by atoms with Crippen LogP contribution in [0.1, 0.15) is 32.1 Å². The maximum Gasteiger partial charge on any atom is -0.0234 e. The lowest BCUT2D eigenvalue weighted by Crippen LogP contribution is -2.06. The van der Waals surface area contributed by atoms with E-state index >= 15 is 0 Å². The first kappa shape index (κ1) is 8.26. The molecule has 0 aromatic rings. The van der Waals surface area contributed by atoms with E-state index in [9.17, 15) is 0 Å². The molecule has 1 unspecified atom stereocenters. The van der Waals surface area contributed by atoms with E-state index in [1.807, 2.05) is 0 Å². The number of rotatable bonds is 2. The van der Waals surface area contributed by atoms with Crippen molar-refractivity contribution in [2.24, 2.45) is 5.92 Å². The molecule has 1 fully saturated rings. The molecule has 0 N–H and O–H groups in total. The molecule has 9 heavy (non-hydrogen) atoms. The molecule has 0 nitrogen and oxygen atoms in total. The largest absolute Gasteiger partial charge is 0.0572 e. The van der Waals surface area contributed by atoms with Crippen LogP contribution in [0.15, 0.2) is 0 Å². The Hall–Kier alpha value is 1.16. The van der Waals surface area contributed by atoms with Gasteiger partial charge in [-0.15, -0.1) is 0 Å². The summed E-state index contributed by atoms with van der Waals surface area (Å²) in [5, 5.41) is 0. The van der Waals surface area contributed by atoms with Crippen molar-refractivity contribution in [3.63, 3.8) is 0 Å². The van der Waals surface area contributed by atoms with Gasteiger partial charge in [0.2, 0.25) is 0 Å². The summed E-state index contributed by atoms with van der Waals surface area (Å²) in [6.07, 6.45) is 10.2. The molecule has 0 saturated heterocycles. The summed E-state index contributed by atoms with van der Waals surface area (Å²) in [6, 6.07) is 0. The molecule has 1 saturated carbocycles. The second-order valence-corrected chi connectivity index (χ2v) is 5.81. The molecule has 0 aliphatic heterocycles. The second kappa shape index (κ2) is 4.90. The van der Waals surface area contributed by atoms with E-state index in [1.165, 1.54) is 38.3 Å². The van der Waals surface area contributed by atoms with E-state index in [4.69, 9.17) is 0 Å². The SMILES string of the molecule is IPCC1CCCCC1. The van der Waals surface area contributed by atoms with Crippen LogP contribution >= 0.6 is 28.3 Å². The molecule has 0 spiro atoms. The third-order valence-electron chi connectivity index (χ3n) is 2.09. The number of halogens is 1. The Balaban J connectivity index is 2.08. The zero-order chi connectivity index (χ0) is 6.53. The van der Waals surface area contributed by atoms with Crippen LogP contribution < -0.4 is 0 Å². The lowest BCUT2D eigenvalue weighted by atomic mass is 9.91. The lowest BCUT2D eigenvalue weighted by Gasteiger charge is -2.19. The van der Waals surface area contributed by atoms with Crippen molar-refractivity contribution in [1.82, 2.24) is 0 Å². The third-order valence-corrected chi connectivity index (χ3v) is 4.14. The van der Waals surface area contributed by atoms with Crippen molar-refractivity contribution in [3.8, 4) is 0 Å². The van der Waals surface area contributed by atoms with E-state index < -0.39 is 0 Å². The van der Waals surface area contributed by atoms with Gasteiger partial charge in [-0.2, -0.15) is 0 Å². The summed E-state index contributed by atoms with van der Waals surface area (Å²) in [5.74, 6) is 1.11. The van der Waals surface area contributed by atoms with Gasteiger partial charge < -0.3 is 0 Å². The Labute approximate surface area is 72.4 Å². The lowest BCUT2D eigenvalue weighted by molar-refractivity contribution is 0.390. The first-order chi connectivity index (χ1) is 4.43. The molecule has 0 aromatic carbocycles. The average Bonchev–Trinajstić information content (AvgIpc) is 1.91. The highest BCUT2D eigenvalue weighted by Gasteiger charge is 2.11. The van der Waals surface area contributed by atoms with Crippen molar-refractivity contribution in [3.05, 3.63) is 0 Å². The zero-order valence-electron chi connectivity index (χ0n) is 5.70. The Morgan fingerprint density at radius 2 is 1.89 bits per heavy atom. The smallest absolute Gasteiger partial charge is 0.0234 e. The number of hydrogen-bond acceptors (Lipinski definition) is 0. The van der Waals surface area contributed by atoms with E-state index in [0.29, 0.717) is 0 Å². The number of hydrogen-bond donors (Lipinski definition) is 0. The Kier molecular flexibility index (Phi) is 4.49. The molecule has 0 bridgehead atoms. The summed E-state index contributed by atoms with van der Waals surface area (Å²) in [4.78, 5) is 0. The van der Waals surface area contributed by atoms with Crippen LogP contribution in [0.3, 0.4) is 0 Å². The molecule has 1 aliphatic carbocycles. The molecule has 0 radical (unpaired) electrons. The topological polar surface area (TPSA) is 0 Å². The summed E-state index contributed by atoms with van der Waals surface area (Å²) < 4.78 is 0. The van der Waals surface area contributed by atoms with Gasteiger partial charge in [0.25, 0.3) is 0 Å². The molecule has 2 heteroatoms. The summed E-state index contributed by atoms with van der Waals surface area (Å²) in [6.45, 7) is 0. The normalized spacial score (nSPS) is 23.7. The van der Waals surface area contributed by atoms with Crippen LogP contribution in [0.4, 0.5) is 0 Å². The van der Waals surface area contributed by atoms with Gasteiger partial charge >= 0.3 is 0 Å². The highest BCUT2D eigenvalue weighted by molar-refractivity contribution is 14.2. The van der Waals surface area contributed by atoms with Gasteiger partial charge in [-0.05, 0) is 12.1 Å². The van der Waals surface area contributed by atoms with E-state index in [2.05, 4.69) is 22.0 Å². The van der Waals surface area contributed by atoms with Gasteiger partial charge in [0.05, 0.1) is 0 Å². The van der Waals surface area contributed by atoms with Crippen molar-refractivity contribution < 1.29 is 0 Å². The fourth-order valence-corrected chi connectivity index (χ4v) is 4.00. The zero-order valence-corrected chi connectivity index (χ0v) is 8.86. The molecule has 1 atom stereocenters. The van der Waals surface area contributed by atoms with Gasteiger partial charge in [-0.3, -0.25) is 0 Å². The van der Waals surface area contributed by atoms with Crippen LogP contribution in [0.25, 0.3) is 0 Å². The summed E-state index contributed by atoms with van der Waals surface area (Å²) in [5.41, 5.74) is 0. The Bertz CT molecular complexity index is 66.6. The fourth-order valence-electron chi connectivity index (χ4n) is 1.50. The maximum atomic E-state index is 2.52. The minimum Gasteiger partial charge on any atom is -0.0572 e. The first-order valence-electron chi connectivity index (χ1n) is 3.77. The van der Waals surface area contributed by atoms with Gasteiger partial charge in [0, 0.05) is 0 Å². The molecule has 1 aliphatic rings. The summed E-state index contributed by atoms with van der Waals surface area (Å²) in [7, 11) is 0. The summed E-state index contributed by atoms with van der Waals surface area (Å²) >= 11 is 2.52. The standard InChI is InChI=1S/C7H14IP/c8-9-6-7-4-2-1-3-5-7/h7,9H,1-6H2. The van der Waals surface area contributed by atoms with E-state index in [-0.39, 0.29) is 0 Å². The Morgan fingerprint density at radius 1 is 1.22 bits per heavy atom. The second-order valence-electron chi connectivity index (χ2n) is 2.84. The minimum absolute atomic E-state index is 1.11. The van der Waals surface area contributed by atoms with Gasteiger partial charge in [0.1, 0.15) is 0 Å². The van der Waals surface area contributed by atoms with Crippen molar-refractivity contribution in [2.45, 2.75) is 32.1 Å². The van der Waals surface area contributed by atoms with E-state index in [0.717, 1.165) is 12.1 Å². The van der Waals surface area contributed by atoms with Crippen LogP contribution in [0.2, 0.25) is 0 Å². The molecule has 0 heterocycles. The fraction of sp³-hybridized carbons (Fsp3) is 1.00. The molecule has 0 aromatic heterocycles. The molecule has 0 amide bonds. The van der Waals surface area contributed by atoms with E-state index in [1.54, 1.807) is 0 Å². The molecular formula is C7H14IP. The van der Waals surface area contributed by atoms with Crippen molar-refractivity contribution >= 4 is 28.3 Å². The third kappa shape index (κ3) is 3.18. The van der Waals surface area contributed by atoms with Crippen LogP contribution in [0, 0.1) is 5.92 Å². The highest BCUT2D eigenvalue weighted by atomic mass is 127. The van der Waals surface area contributed by atoms with Crippen LogP contribution in [-0.2, 0) is 0 Å². The van der Waals surface area contributed by atoms with Gasteiger partial charge in [0.15, 0.2) is 0 Å². The van der Waals surface area contributed by atoms with Gasteiger partial charge in [-0.25, -0.2) is 0 Å². The predicted octanol–water partition coefficient (Wildman–Crippen LogP) is 3.60. The minimum atomic E-state index is 1.11. The first-order valence-corrected chi connectivity index (χ1v) is 8.09. The Morgan fingerprint density at radius 3 is 2.44 bits per heavy atom. The molecule has 54 valence electrons. The van der Waals surface area contributed by atoms with Crippen LogP contribution in [-0.4, -0.2) is 6.16 Å². The monoisotopic (exact) mass is 256 g/mol. The highest BCUT2D eigenvalue weighted by Crippen LogP contribution is 2.32. The maximum absolute atomic E-state index is 2.52. The molecular weight excluding hydrogens is 242 g/mol. The van der Waals surface area contributed by atoms with Crippen molar-refractivity contribution in [2.75, 3.05) is 6.16 Å². The molecule has 1 rings (SSSR count).